The van der Waals surface area contributed by atoms with E-state index in [1.807, 2.05) is 24.3 Å². The summed E-state index contributed by atoms with van der Waals surface area (Å²) >= 11 is 15.6. The molecule has 0 aliphatic heterocycles. The predicted molar refractivity (Wildman–Crippen MR) is 125 cm³/mol. The summed E-state index contributed by atoms with van der Waals surface area (Å²) in [6, 6.07) is 12.5. The van der Waals surface area contributed by atoms with E-state index >= 15 is 0 Å². The first-order chi connectivity index (χ1) is 14.3. The molecule has 1 saturated carbocycles. The summed E-state index contributed by atoms with van der Waals surface area (Å²) in [6.45, 7) is 2.13. The second-order valence-corrected chi connectivity index (χ2v) is 9.47. The second-order valence-electron chi connectivity index (χ2n) is 7.74. The minimum absolute atomic E-state index is 0.112. The standard InChI is InChI=1S/C23H25BrCl2N2O2/c1-15(23(30)27-19-7-2-3-8-19)28(14-17-5-4-6-18(24)11-17)22(29)13-16-9-10-20(25)21(26)12-16/h4-6,9-12,15,19H,2-3,7-8,13-14H2,1H3,(H,27,30)/t15-/m0/s1. The van der Waals surface area contributed by atoms with Crippen LogP contribution >= 0.6 is 39.1 Å². The summed E-state index contributed by atoms with van der Waals surface area (Å²) in [6.07, 6.45) is 4.42. The van der Waals surface area contributed by atoms with Gasteiger partial charge in [-0.1, -0.05) is 70.2 Å². The molecule has 2 aromatic rings. The molecule has 0 saturated heterocycles. The molecule has 3 rings (SSSR count). The third-order valence-corrected chi connectivity index (χ3v) is 6.68. The van der Waals surface area contributed by atoms with E-state index in [4.69, 9.17) is 23.2 Å². The van der Waals surface area contributed by atoms with Crippen LogP contribution in [0.5, 0.6) is 0 Å². The van der Waals surface area contributed by atoms with Gasteiger partial charge in [-0.15, -0.1) is 0 Å². The van der Waals surface area contributed by atoms with Crippen LogP contribution in [0.25, 0.3) is 0 Å². The zero-order valence-electron chi connectivity index (χ0n) is 16.8. The van der Waals surface area contributed by atoms with E-state index < -0.39 is 6.04 Å². The van der Waals surface area contributed by atoms with E-state index in [-0.39, 0.29) is 24.3 Å². The normalized spacial score (nSPS) is 15.1. The minimum Gasteiger partial charge on any atom is -0.352 e. The summed E-state index contributed by atoms with van der Waals surface area (Å²) in [5, 5.41) is 3.97. The van der Waals surface area contributed by atoms with Crippen LogP contribution in [0, 0.1) is 0 Å². The van der Waals surface area contributed by atoms with E-state index in [0.717, 1.165) is 41.3 Å². The highest BCUT2D eigenvalue weighted by Crippen LogP contribution is 2.24. The fourth-order valence-electron chi connectivity index (χ4n) is 3.73. The SMILES string of the molecule is C[C@@H](C(=O)NC1CCCC1)N(Cc1cccc(Br)c1)C(=O)Cc1ccc(Cl)c(Cl)c1. The number of carbonyl (C=O) groups is 2. The first kappa shape index (κ1) is 23.1. The molecule has 160 valence electrons. The van der Waals surface area contributed by atoms with Gasteiger partial charge in [0.2, 0.25) is 11.8 Å². The van der Waals surface area contributed by atoms with Gasteiger partial charge >= 0.3 is 0 Å². The fourth-order valence-corrected chi connectivity index (χ4v) is 4.50. The lowest BCUT2D eigenvalue weighted by Crippen LogP contribution is -2.50. The number of halogens is 3. The molecular weight excluding hydrogens is 487 g/mol. The molecule has 1 aliphatic rings. The fraction of sp³-hybridized carbons (Fsp3) is 0.391. The highest BCUT2D eigenvalue weighted by Gasteiger charge is 2.28. The average molecular weight is 512 g/mol. The van der Waals surface area contributed by atoms with Gasteiger partial charge in [0.15, 0.2) is 0 Å². The molecule has 4 nitrogen and oxygen atoms in total. The quantitative estimate of drug-likeness (QED) is 0.512. The molecular formula is C23H25BrCl2N2O2. The molecule has 0 radical (unpaired) electrons. The lowest BCUT2D eigenvalue weighted by molar-refractivity contribution is -0.140. The van der Waals surface area contributed by atoms with Crippen molar-refractivity contribution in [1.29, 1.82) is 0 Å². The van der Waals surface area contributed by atoms with Crippen LogP contribution in [0.3, 0.4) is 0 Å². The summed E-state index contributed by atoms with van der Waals surface area (Å²) in [5.74, 6) is -0.248. The number of amides is 2. The smallest absolute Gasteiger partial charge is 0.242 e. The average Bonchev–Trinajstić information content (AvgIpc) is 3.21. The van der Waals surface area contributed by atoms with E-state index in [9.17, 15) is 9.59 Å². The molecule has 0 unspecified atom stereocenters. The lowest BCUT2D eigenvalue weighted by atomic mass is 10.1. The van der Waals surface area contributed by atoms with Gasteiger partial charge in [-0.05, 0) is 55.2 Å². The maximum atomic E-state index is 13.2. The van der Waals surface area contributed by atoms with E-state index in [1.54, 1.807) is 30.0 Å². The second kappa shape index (κ2) is 10.7. The minimum atomic E-state index is -0.583. The molecule has 0 bridgehead atoms. The van der Waals surface area contributed by atoms with E-state index in [0.29, 0.717) is 16.6 Å². The Balaban J connectivity index is 1.78. The molecule has 2 amide bonds. The monoisotopic (exact) mass is 510 g/mol. The molecule has 7 heteroatoms. The van der Waals surface area contributed by atoms with Crippen molar-refractivity contribution in [3.63, 3.8) is 0 Å². The topological polar surface area (TPSA) is 49.4 Å². The molecule has 1 fully saturated rings. The van der Waals surface area contributed by atoms with Crippen molar-refractivity contribution in [2.75, 3.05) is 0 Å². The molecule has 1 N–H and O–H groups in total. The van der Waals surface area contributed by atoms with Crippen molar-refractivity contribution in [1.82, 2.24) is 10.2 Å². The number of carbonyl (C=O) groups excluding carboxylic acids is 2. The van der Waals surface area contributed by atoms with Crippen molar-refractivity contribution in [2.24, 2.45) is 0 Å². The van der Waals surface area contributed by atoms with Crippen LogP contribution in [0.15, 0.2) is 46.9 Å². The van der Waals surface area contributed by atoms with Gasteiger partial charge in [-0.25, -0.2) is 0 Å². The first-order valence-electron chi connectivity index (χ1n) is 10.1. The van der Waals surface area contributed by atoms with Crippen LogP contribution in [0.1, 0.15) is 43.7 Å². The number of rotatable bonds is 7. The Labute approximate surface area is 196 Å². The third-order valence-electron chi connectivity index (χ3n) is 5.45. The number of hydrogen-bond acceptors (Lipinski definition) is 2. The Morgan fingerprint density at radius 2 is 1.83 bits per heavy atom. The zero-order valence-corrected chi connectivity index (χ0v) is 19.9. The van der Waals surface area contributed by atoms with Crippen molar-refractivity contribution in [2.45, 2.75) is 57.7 Å². The summed E-state index contributed by atoms with van der Waals surface area (Å²) in [4.78, 5) is 27.8. The van der Waals surface area contributed by atoms with Crippen LogP contribution < -0.4 is 5.32 Å². The van der Waals surface area contributed by atoms with Crippen LogP contribution in [-0.4, -0.2) is 28.8 Å². The molecule has 0 spiro atoms. The Bertz CT molecular complexity index is 916. The van der Waals surface area contributed by atoms with E-state index in [1.165, 1.54) is 0 Å². The number of nitrogens with zero attached hydrogens (tertiary/aromatic N) is 1. The van der Waals surface area contributed by atoms with Crippen LogP contribution in [0.2, 0.25) is 10.0 Å². The molecule has 1 aliphatic carbocycles. The maximum Gasteiger partial charge on any atom is 0.242 e. The first-order valence-corrected chi connectivity index (χ1v) is 11.7. The highest BCUT2D eigenvalue weighted by molar-refractivity contribution is 9.10. The molecule has 1 atom stereocenters. The largest absolute Gasteiger partial charge is 0.352 e. The van der Waals surface area contributed by atoms with Gasteiger partial charge in [-0.2, -0.15) is 0 Å². The maximum absolute atomic E-state index is 13.2. The van der Waals surface area contributed by atoms with Crippen LogP contribution in [-0.2, 0) is 22.6 Å². The van der Waals surface area contributed by atoms with Gasteiger partial charge in [-0.3, -0.25) is 9.59 Å². The van der Waals surface area contributed by atoms with Crippen molar-refractivity contribution in [3.8, 4) is 0 Å². The zero-order chi connectivity index (χ0) is 21.7. The number of hydrogen-bond donors (Lipinski definition) is 1. The Morgan fingerprint density at radius 3 is 2.50 bits per heavy atom. The number of benzene rings is 2. The van der Waals surface area contributed by atoms with Gasteiger partial charge in [0.05, 0.1) is 16.5 Å². The van der Waals surface area contributed by atoms with Gasteiger partial charge in [0.1, 0.15) is 6.04 Å². The molecule has 0 heterocycles. The van der Waals surface area contributed by atoms with Crippen molar-refractivity contribution < 1.29 is 9.59 Å². The Kier molecular flexibility index (Phi) is 8.20. The van der Waals surface area contributed by atoms with Crippen molar-refractivity contribution in [3.05, 3.63) is 68.1 Å². The van der Waals surface area contributed by atoms with E-state index in [2.05, 4.69) is 21.2 Å². The lowest BCUT2D eigenvalue weighted by Gasteiger charge is -2.30. The molecule has 2 aromatic carbocycles. The molecule has 30 heavy (non-hydrogen) atoms. The highest BCUT2D eigenvalue weighted by atomic mass is 79.9. The van der Waals surface area contributed by atoms with Crippen molar-refractivity contribution >= 4 is 50.9 Å². The summed E-state index contributed by atoms with van der Waals surface area (Å²) < 4.78 is 0.931. The van der Waals surface area contributed by atoms with Gasteiger partial charge < -0.3 is 10.2 Å². The molecule has 0 aromatic heterocycles. The summed E-state index contributed by atoms with van der Waals surface area (Å²) in [7, 11) is 0. The Morgan fingerprint density at radius 1 is 1.10 bits per heavy atom. The third kappa shape index (κ3) is 6.22. The summed E-state index contributed by atoms with van der Waals surface area (Å²) in [5.41, 5.74) is 1.71. The number of nitrogens with one attached hydrogen (secondary N) is 1. The van der Waals surface area contributed by atoms with Gasteiger partial charge in [0.25, 0.3) is 0 Å². The Hall–Kier alpha value is -1.56. The van der Waals surface area contributed by atoms with Crippen LogP contribution in [0.4, 0.5) is 0 Å². The predicted octanol–water partition coefficient (Wildman–Crippen LogP) is 5.77. The van der Waals surface area contributed by atoms with Gasteiger partial charge in [0, 0.05) is 17.1 Å².